The minimum Gasteiger partial charge on any atom is -0.494 e. The number of carbonyl (C=O) groups excluding carboxylic acids is 1. The Kier molecular flexibility index (Phi) is 4.22. The zero-order valence-corrected chi connectivity index (χ0v) is 17.0. The van der Waals surface area contributed by atoms with Gasteiger partial charge in [-0.15, -0.1) is 0 Å². The van der Waals surface area contributed by atoms with Crippen LogP contribution in [0.4, 0.5) is 0 Å². The first-order valence-electron chi connectivity index (χ1n) is 10.4. The fourth-order valence-corrected chi connectivity index (χ4v) is 4.89. The molecule has 2 aromatic heterocycles. The summed E-state index contributed by atoms with van der Waals surface area (Å²) in [4.78, 5) is 39.8. The molecule has 3 heterocycles. The predicted octanol–water partition coefficient (Wildman–Crippen LogP) is 2.48. The second kappa shape index (κ2) is 6.68. The van der Waals surface area contributed by atoms with E-state index in [-0.39, 0.29) is 16.9 Å². The van der Waals surface area contributed by atoms with Gasteiger partial charge in [0, 0.05) is 35.7 Å². The van der Waals surface area contributed by atoms with Crippen LogP contribution in [-0.4, -0.2) is 46.0 Å². The van der Waals surface area contributed by atoms with Crippen LogP contribution in [0.3, 0.4) is 0 Å². The molecule has 7 heteroatoms. The van der Waals surface area contributed by atoms with Crippen LogP contribution in [0.5, 0.6) is 5.75 Å². The van der Waals surface area contributed by atoms with Crippen molar-refractivity contribution in [3.63, 3.8) is 0 Å². The first kappa shape index (κ1) is 18.3. The molecule has 29 heavy (non-hydrogen) atoms. The minimum atomic E-state index is -0.0672. The number of piperidine rings is 1. The third-order valence-electron chi connectivity index (χ3n) is 6.82. The summed E-state index contributed by atoms with van der Waals surface area (Å²) in [6, 6.07) is 1.79. The summed E-state index contributed by atoms with van der Waals surface area (Å²) in [6.45, 7) is 3.20. The van der Waals surface area contributed by atoms with Gasteiger partial charge in [-0.25, -0.2) is 4.98 Å². The lowest BCUT2D eigenvalue weighted by Crippen LogP contribution is -2.45. The lowest BCUT2D eigenvalue weighted by atomic mass is 9.76. The number of carbonyl (C=O) groups is 1. The lowest BCUT2D eigenvalue weighted by molar-refractivity contribution is 0.0659. The number of pyridine rings is 1. The van der Waals surface area contributed by atoms with E-state index >= 15 is 0 Å². The Morgan fingerprint density at radius 3 is 2.72 bits per heavy atom. The third kappa shape index (κ3) is 3.03. The summed E-state index contributed by atoms with van der Waals surface area (Å²) >= 11 is 0. The number of hydrogen-bond donors (Lipinski definition) is 1. The van der Waals surface area contributed by atoms with Crippen LogP contribution in [0.2, 0.25) is 0 Å². The normalized spacial score (nSPS) is 20.0. The van der Waals surface area contributed by atoms with Gasteiger partial charge in [-0.05, 0) is 51.5 Å². The van der Waals surface area contributed by atoms with Crippen LogP contribution < -0.4 is 10.3 Å². The maximum absolute atomic E-state index is 13.1. The van der Waals surface area contributed by atoms with Gasteiger partial charge in [-0.3, -0.25) is 14.6 Å². The number of fused-ring (bicyclic) bond motifs is 2. The highest BCUT2D eigenvalue weighted by atomic mass is 16.5. The summed E-state index contributed by atoms with van der Waals surface area (Å²) in [6.07, 6.45) is 7.27. The van der Waals surface area contributed by atoms with Crippen molar-refractivity contribution >= 4 is 5.91 Å². The summed E-state index contributed by atoms with van der Waals surface area (Å²) in [5, 5.41) is 0. The first-order valence-corrected chi connectivity index (χ1v) is 10.4. The molecule has 1 N–H and O–H groups in total. The van der Waals surface area contributed by atoms with E-state index in [1.807, 2.05) is 11.8 Å². The van der Waals surface area contributed by atoms with Crippen molar-refractivity contribution in [2.75, 3.05) is 20.2 Å². The Balaban J connectivity index is 1.39. The maximum Gasteiger partial charge on any atom is 0.257 e. The third-order valence-corrected chi connectivity index (χ3v) is 6.82. The summed E-state index contributed by atoms with van der Waals surface area (Å²) in [7, 11) is 1.56. The van der Waals surface area contributed by atoms with E-state index in [0.29, 0.717) is 30.3 Å². The number of nitrogens with one attached hydrogen (secondary N) is 1. The van der Waals surface area contributed by atoms with Crippen LogP contribution in [0, 0.1) is 6.92 Å². The van der Waals surface area contributed by atoms with Gasteiger partial charge >= 0.3 is 0 Å². The molecular formula is C22H26N4O3. The second-order valence-electron chi connectivity index (χ2n) is 8.65. The summed E-state index contributed by atoms with van der Waals surface area (Å²) in [5.41, 5.74) is 3.21. The number of nitrogens with zero attached hydrogens (tertiary/aromatic N) is 3. The van der Waals surface area contributed by atoms with Crippen molar-refractivity contribution < 1.29 is 9.53 Å². The fraction of sp³-hybridized carbons (Fsp3) is 0.545. The van der Waals surface area contributed by atoms with Crippen LogP contribution in [-0.2, 0) is 11.8 Å². The molecule has 1 aliphatic heterocycles. The largest absolute Gasteiger partial charge is 0.494 e. The highest BCUT2D eigenvalue weighted by Gasteiger charge is 2.45. The van der Waals surface area contributed by atoms with Crippen LogP contribution in [0.1, 0.15) is 71.2 Å². The molecule has 2 aromatic rings. The average Bonchev–Trinajstić information content (AvgIpc) is 3.52. The summed E-state index contributed by atoms with van der Waals surface area (Å²) in [5.74, 6) is 1.78. The van der Waals surface area contributed by atoms with E-state index in [1.165, 1.54) is 0 Å². The molecule has 0 aromatic carbocycles. The summed E-state index contributed by atoms with van der Waals surface area (Å²) < 4.78 is 5.35. The topological polar surface area (TPSA) is 88.2 Å². The molecule has 1 spiro atoms. The van der Waals surface area contributed by atoms with Crippen molar-refractivity contribution in [2.24, 2.45) is 0 Å². The Morgan fingerprint density at radius 2 is 2.03 bits per heavy atom. The standard InChI is InChI=1S/C22H26N4O3/c1-13-11-16(17(29-2)12-23-13)21(28)26-9-7-22(8-10-26)6-5-15-18(22)24-19(14-3-4-14)25-20(15)27/h11-12,14H,3-10H2,1-2H3,(H,24,25,27). The number of amides is 1. The number of aromatic nitrogens is 3. The Hall–Kier alpha value is -2.70. The van der Waals surface area contributed by atoms with Crippen LogP contribution in [0.25, 0.3) is 0 Å². The van der Waals surface area contributed by atoms with Crippen LogP contribution in [0.15, 0.2) is 17.1 Å². The van der Waals surface area contributed by atoms with Gasteiger partial charge < -0.3 is 14.6 Å². The van der Waals surface area contributed by atoms with Crippen molar-refractivity contribution in [2.45, 2.75) is 56.8 Å². The average molecular weight is 394 g/mol. The molecule has 0 unspecified atom stereocenters. The molecule has 1 saturated carbocycles. The molecular weight excluding hydrogens is 368 g/mol. The van der Waals surface area contributed by atoms with E-state index in [0.717, 1.165) is 61.3 Å². The first-order chi connectivity index (χ1) is 14.0. The van der Waals surface area contributed by atoms with Crippen molar-refractivity contribution in [3.05, 3.63) is 51.0 Å². The number of likely N-dealkylation sites (tertiary alicyclic amines) is 1. The quantitative estimate of drug-likeness (QED) is 0.864. The van der Waals surface area contributed by atoms with E-state index in [4.69, 9.17) is 9.72 Å². The van der Waals surface area contributed by atoms with Gasteiger partial charge in [0.25, 0.3) is 11.5 Å². The lowest BCUT2D eigenvalue weighted by Gasteiger charge is -2.39. The number of hydrogen-bond acceptors (Lipinski definition) is 5. The molecule has 5 rings (SSSR count). The highest BCUT2D eigenvalue weighted by molar-refractivity contribution is 5.97. The van der Waals surface area contributed by atoms with E-state index in [2.05, 4.69) is 9.97 Å². The Morgan fingerprint density at radius 1 is 1.28 bits per heavy atom. The molecule has 0 atom stereocenters. The van der Waals surface area contributed by atoms with Gasteiger partial charge in [0.15, 0.2) is 0 Å². The molecule has 1 saturated heterocycles. The number of rotatable bonds is 3. The number of methoxy groups -OCH3 is 1. The van der Waals surface area contributed by atoms with Crippen LogP contribution >= 0.6 is 0 Å². The van der Waals surface area contributed by atoms with Gasteiger partial charge in [-0.2, -0.15) is 0 Å². The van der Waals surface area contributed by atoms with Gasteiger partial charge in [0.2, 0.25) is 0 Å². The molecule has 0 radical (unpaired) electrons. The zero-order valence-electron chi connectivity index (χ0n) is 17.0. The van der Waals surface area contributed by atoms with Crippen molar-refractivity contribution in [1.29, 1.82) is 0 Å². The molecule has 2 fully saturated rings. The number of aromatic amines is 1. The maximum atomic E-state index is 13.1. The van der Waals surface area contributed by atoms with E-state index in [9.17, 15) is 9.59 Å². The molecule has 152 valence electrons. The second-order valence-corrected chi connectivity index (χ2v) is 8.65. The highest BCUT2D eigenvalue weighted by Crippen LogP contribution is 2.46. The molecule has 2 aliphatic carbocycles. The fourth-order valence-electron chi connectivity index (χ4n) is 4.89. The zero-order chi connectivity index (χ0) is 20.2. The van der Waals surface area contributed by atoms with Gasteiger partial charge in [-0.1, -0.05) is 0 Å². The smallest absolute Gasteiger partial charge is 0.257 e. The van der Waals surface area contributed by atoms with E-state index in [1.54, 1.807) is 19.4 Å². The number of aryl methyl sites for hydroxylation is 1. The monoisotopic (exact) mass is 394 g/mol. The molecule has 3 aliphatic rings. The predicted molar refractivity (Wildman–Crippen MR) is 107 cm³/mol. The SMILES string of the molecule is COc1cnc(C)cc1C(=O)N1CCC2(CCc3c2nc(C2CC2)[nH]c3=O)CC1. The van der Waals surface area contributed by atoms with Crippen molar-refractivity contribution in [1.82, 2.24) is 19.9 Å². The minimum absolute atomic E-state index is 0.0158. The van der Waals surface area contributed by atoms with Gasteiger partial charge in [0.05, 0.1) is 24.6 Å². The molecule has 0 bridgehead atoms. The molecule has 7 nitrogen and oxygen atoms in total. The Labute approximate surface area is 169 Å². The van der Waals surface area contributed by atoms with E-state index < -0.39 is 0 Å². The number of H-pyrrole nitrogens is 1. The number of ether oxygens (including phenoxy) is 1. The Bertz CT molecular complexity index is 1030. The van der Waals surface area contributed by atoms with Gasteiger partial charge in [0.1, 0.15) is 11.6 Å². The molecule has 1 amide bonds. The van der Waals surface area contributed by atoms with Crippen molar-refractivity contribution in [3.8, 4) is 5.75 Å².